The van der Waals surface area contributed by atoms with Gasteiger partial charge in [-0.05, 0) is 42.3 Å². The first-order valence-electron chi connectivity index (χ1n) is 2.29. The molecule has 40 valence electrons. The van der Waals surface area contributed by atoms with Crippen LogP contribution in [0.15, 0.2) is 21.1 Å². The summed E-state index contributed by atoms with van der Waals surface area (Å²) in [4.78, 5) is 0. The van der Waals surface area contributed by atoms with Crippen LogP contribution in [-0.2, 0) is 0 Å². The van der Waals surface area contributed by atoms with Gasteiger partial charge < -0.3 is 0 Å². The molecule has 0 aromatic rings. The van der Waals surface area contributed by atoms with E-state index >= 15 is 0 Å². The second-order valence-electron chi connectivity index (χ2n) is 1.79. The molecular weight excluding hydrogens is 232 g/mol. The van der Waals surface area contributed by atoms with E-state index in [4.69, 9.17) is 0 Å². The van der Waals surface area contributed by atoms with Gasteiger partial charge in [0.1, 0.15) is 0 Å². The van der Waals surface area contributed by atoms with Crippen LogP contribution in [0.1, 0.15) is 0 Å². The molecule has 0 spiro atoms. The number of hydrogen-bond donors (Lipinski definition) is 0. The van der Waals surface area contributed by atoms with Crippen LogP contribution in [0.3, 0.4) is 0 Å². The standard InChI is InChI=1S/C6H2Br2/c7-5-3-1-2-4(3)6(5)8/h1-2H. The first-order valence-corrected chi connectivity index (χ1v) is 3.87. The van der Waals surface area contributed by atoms with Crippen LogP contribution >= 0.6 is 31.9 Å². The van der Waals surface area contributed by atoms with Gasteiger partial charge in [0, 0.05) is 8.95 Å². The molecule has 0 aromatic carbocycles. The normalized spacial score (nSPS) is 11.8. The predicted octanol–water partition coefficient (Wildman–Crippen LogP) is 2.81. The van der Waals surface area contributed by atoms with Crippen molar-refractivity contribution in [3.63, 3.8) is 0 Å². The summed E-state index contributed by atoms with van der Waals surface area (Å²) in [6.07, 6.45) is 0. The summed E-state index contributed by atoms with van der Waals surface area (Å²) in [5.74, 6) is 0. The average molecular weight is 234 g/mol. The molecule has 0 nitrogen and oxygen atoms in total. The predicted molar refractivity (Wildman–Crippen MR) is 39.5 cm³/mol. The van der Waals surface area contributed by atoms with Gasteiger partial charge in [-0.1, -0.05) is 12.1 Å². The van der Waals surface area contributed by atoms with Crippen molar-refractivity contribution >= 4 is 31.9 Å². The lowest BCUT2D eigenvalue weighted by Gasteiger charge is -2.08. The summed E-state index contributed by atoms with van der Waals surface area (Å²) < 4.78 is 2.44. The van der Waals surface area contributed by atoms with E-state index in [0.717, 1.165) is 0 Å². The summed E-state index contributed by atoms with van der Waals surface area (Å²) in [7, 11) is 0. The molecular formula is C6H2Br2. The van der Waals surface area contributed by atoms with Crippen molar-refractivity contribution in [1.29, 1.82) is 0 Å². The Hall–Kier alpha value is 0.180. The third kappa shape index (κ3) is 0.370. The molecule has 0 saturated carbocycles. The van der Waals surface area contributed by atoms with Gasteiger partial charge in [-0.3, -0.25) is 0 Å². The summed E-state index contributed by atoms with van der Waals surface area (Å²) in [5, 5.41) is 2.72. The van der Waals surface area contributed by atoms with Crippen LogP contribution in [0.25, 0.3) is 0 Å². The highest BCUT2D eigenvalue weighted by atomic mass is 79.9. The fourth-order valence-corrected chi connectivity index (χ4v) is 1.93. The van der Waals surface area contributed by atoms with Gasteiger partial charge in [-0.15, -0.1) is 0 Å². The molecule has 0 atom stereocenters. The van der Waals surface area contributed by atoms with E-state index in [9.17, 15) is 0 Å². The highest BCUT2D eigenvalue weighted by Gasteiger charge is 2.09. The van der Waals surface area contributed by atoms with Crippen LogP contribution in [0.5, 0.6) is 0 Å². The molecule has 0 amide bonds. The molecule has 0 saturated heterocycles. The van der Waals surface area contributed by atoms with Crippen LogP contribution in [0, 0.1) is 10.4 Å². The van der Waals surface area contributed by atoms with Gasteiger partial charge >= 0.3 is 0 Å². The first-order chi connectivity index (χ1) is 3.80. The second-order valence-corrected chi connectivity index (χ2v) is 3.37. The van der Waals surface area contributed by atoms with Gasteiger partial charge in [0.25, 0.3) is 0 Å². The maximum absolute atomic E-state index is 3.41. The molecule has 0 bridgehead atoms. The van der Waals surface area contributed by atoms with Gasteiger partial charge in [-0.2, -0.15) is 0 Å². The molecule has 0 unspecified atom stereocenters. The molecule has 2 aliphatic rings. The fraction of sp³-hybridized carbons (Fsp3) is 0. The zero-order valence-electron chi connectivity index (χ0n) is 3.91. The Morgan fingerprint density at radius 3 is 1.38 bits per heavy atom. The molecule has 2 heteroatoms. The average Bonchev–Trinajstić information content (AvgIpc) is 1.64. The minimum atomic E-state index is 1.22. The number of hydrogen-bond acceptors (Lipinski definition) is 0. The Labute approximate surface area is 63.5 Å². The van der Waals surface area contributed by atoms with Crippen LogP contribution in [0.2, 0.25) is 0 Å². The van der Waals surface area contributed by atoms with E-state index in [2.05, 4.69) is 44.0 Å². The van der Waals surface area contributed by atoms with E-state index in [0.29, 0.717) is 0 Å². The monoisotopic (exact) mass is 232 g/mol. The molecule has 8 heavy (non-hydrogen) atoms. The van der Waals surface area contributed by atoms with Crippen molar-refractivity contribution in [2.45, 2.75) is 0 Å². The lowest BCUT2D eigenvalue weighted by Crippen LogP contribution is -1.89. The zero-order chi connectivity index (χ0) is 5.72. The Kier molecular flexibility index (Phi) is 0.853. The SMILES string of the molecule is Brc1c(Br)c2ccc1=2. The smallest absolute Gasteiger partial charge is 0.0402 e. The Bertz CT molecular complexity index is 294. The molecule has 0 radical (unpaired) electrons. The molecule has 2 aliphatic carbocycles. The summed E-state index contributed by atoms with van der Waals surface area (Å²) in [6, 6.07) is 4.20. The fourth-order valence-electron chi connectivity index (χ4n) is 0.807. The Morgan fingerprint density at radius 1 is 0.875 bits per heavy atom. The van der Waals surface area contributed by atoms with Crippen molar-refractivity contribution in [3.05, 3.63) is 31.5 Å². The van der Waals surface area contributed by atoms with Crippen molar-refractivity contribution in [3.8, 4) is 0 Å². The molecule has 0 heterocycles. The highest BCUT2D eigenvalue weighted by Crippen LogP contribution is 2.33. The van der Waals surface area contributed by atoms with Crippen molar-refractivity contribution < 1.29 is 0 Å². The van der Waals surface area contributed by atoms with E-state index < -0.39 is 0 Å². The van der Waals surface area contributed by atoms with Crippen molar-refractivity contribution in [2.24, 2.45) is 0 Å². The molecule has 2 rings (SSSR count). The van der Waals surface area contributed by atoms with Crippen LogP contribution in [0.4, 0.5) is 0 Å². The van der Waals surface area contributed by atoms with Crippen molar-refractivity contribution in [2.75, 3.05) is 0 Å². The Morgan fingerprint density at radius 2 is 1.25 bits per heavy atom. The van der Waals surface area contributed by atoms with Crippen LogP contribution in [-0.4, -0.2) is 0 Å². The third-order valence-electron chi connectivity index (χ3n) is 1.37. The summed E-state index contributed by atoms with van der Waals surface area (Å²) in [6.45, 7) is 0. The minimum Gasteiger partial charge on any atom is -0.0525 e. The lowest BCUT2D eigenvalue weighted by atomic mass is 10.1. The third-order valence-corrected chi connectivity index (χ3v) is 3.55. The highest BCUT2D eigenvalue weighted by molar-refractivity contribution is 9.13. The van der Waals surface area contributed by atoms with Crippen molar-refractivity contribution in [1.82, 2.24) is 0 Å². The topological polar surface area (TPSA) is 0 Å². The molecule has 0 N–H and O–H groups in total. The molecule has 0 aliphatic heterocycles. The van der Waals surface area contributed by atoms with Gasteiger partial charge in [-0.25, -0.2) is 0 Å². The number of benzene rings is 1. The summed E-state index contributed by atoms with van der Waals surface area (Å²) in [5.41, 5.74) is 0. The lowest BCUT2D eigenvalue weighted by molar-refractivity contribution is 1.29. The maximum Gasteiger partial charge on any atom is 0.0402 e. The first kappa shape index (κ1) is 5.00. The molecule has 0 aromatic heterocycles. The van der Waals surface area contributed by atoms with Gasteiger partial charge in [0.2, 0.25) is 0 Å². The number of rotatable bonds is 0. The minimum absolute atomic E-state index is 1.22. The quantitative estimate of drug-likeness (QED) is 0.657. The zero-order valence-corrected chi connectivity index (χ0v) is 7.08. The number of halogens is 2. The largest absolute Gasteiger partial charge is 0.0525 e. The van der Waals surface area contributed by atoms with Gasteiger partial charge in [0.15, 0.2) is 0 Å². The van der Waals surface area contributed by atoms with Gasteiger partial charge in [0.05, 0.1) is 0 Å². The van der Waals surface area contributed by atoms with E-state index in [1.165, 1.54) is 19.4 Å². The Balaban J connectivity index is 2.94. The summed E-state index contributed by atoms with van der Waals surface area (Å²) >= 11 is 6.81. The maximum atomic E-state index is 3.41. The van der Waals surface area contributed by atoms with E-state index in [1.807, 2.05) is 0 Å². The molecule has 0 fully saturated rings. The van der Waals surface area contributed by atoms with E-state index in [1.54, 1.807) is 0 Å². The van der Waals surface area contributed by atoms with E-state index in [-0.39, 0.29) is 0 Å². The van der Waals surface area contributed by atoms with Crippen LogP contribution < -0.4 is 0 Å². The second kappa shape index (κ2) is 1.36.